The highest BCUT2D eigenvalue weighted by atomic mass is 32.1. The van der Waals surface area contributed by atoms with Crippen LogP contribution in [0.3, 0.4) is 0 Å². The molecule has 0 aliphatic rings. The normalized spacial score (nSPS) is 10.2. The summed E-state index contributed by atoms with van der Waals surface area (Å²) in [5.74, 6) is -1.04. The second kappa shape index (κ2) is 5.23. The fourth-order valence-corrected chi connectivity index (χ4v) is 1.81. The lowest BCUT2D eigenvalue weighted by molar-refractivity contribution is 0.102. The van der Waals surface area contributed by atoms with Crippen LogP contribution in [-0.2, 0) is 0 Å². The highest BCUT2D eigenvalue weighted by Crippen LogP contribution is 2.16. The Morgan fingerprint density at radius 3 is 2.72 bits per heavy atom. The number of amides is 1. The zero-order valence-corrected chi connectivity index (χ0v) is 10.7. The Labute approximate surface area is 110 Å². The first-order chi connectivity index (χ1) is 8.56. The first-order valence-corrected chi connectivity index (χ1v) is 5.87. The third-order valence-electron chi connectivity index (χ3n) is 2.47. The van der Waals surface area contributed by atoms with Gasteiger partial charge < -0.3 is 5.32 Å². The number of aryl methyl sites for hydroxylation is 1. The van der Waals surface area contributed by atoms with Gasteiger partial charge in [0.05, 0.1) is 5.56 Å². The SMILES string of the molecule is Cc1cccc(NC(=O)c2cc(S)ccc2F)c1. The molecule has 0 spiro atoms. The van der Waals surface area contributed by atoms with Gasteiger partial charge in [0, 0.05) is 10.6 Å². The molecule has 2 nitrogen and oxygen atoms in total. The van der Waals surface area contributed by atoms with Gasteiger partial charge in [0.25, 0.3) is 5.91 Å². The van der Waals surface area contributed by atoms with E-state index < -0.39 is 11.7 Å². The molecule has 92 valence electrons. The van der Waals surface area contributed by atoms with Crippen molar-refractivity contribution in [2.75, 3.05) is 5.32 Å². The summed E-state index contributed by atoms with van der Waals surface area (Å²) >= 11 is 4.09. The van der Waals surface area contributed by atoms with Crippen molar-refractivity contribution in [3.8, 4) is 0 Å². The topological polar surface area (TPSA) is 29.1 Å². The van der Waals surface area contributed by atoms with E-state index in [1.165, 1.54) is 18.2 Å². The van der Waals surface area contributed by atoms with Crippen LogP contribution in [-0.4, -0.2) is 5.91 Å². The first-order valence-electron chi connectivity index (χ1n) is 5.43. The second-order valence-corrected chi connectivity index (χ2v) is 4.50. The lowest BCUT2D eigenvalue weighted by atomic mass is 10.2. The van der Waals surface area contributed by atoms with Gasteiger partial charge >= 0.3 is 0 Å². The largest absolute Gasteiger partial charge is 0.322 e. The Balaban J connectivity index is 2.24. The van der Waals surface area contributed by atoms with Crippen LogP contribution in [0.1, 0.15) is 15.9 Å². The molecule has 0 aliphatic carbocycles. The third-order valence-corrected chi connectivity index (χ3v) is 2.75. The van der Waals surface area contributed by atoms with Gasteiger partial charge in [-0.25, -0.2) is 4.39 Å². The smallest absolute Gasteiger partial charge is 0.258 e. The van der Waals surface area contributed by atoms with E-state index in [0.29, 0.717) is 10.6 Å². The van der Waals surface area contributed by atoms with Crippen molar-refractivity contribution in [1.82, 2.24) is 0 Å². The summed E-state index contributed by atoms with van der Waals surface area (Å²) in [6, 6.07) is 11.5. The summed E-state index contributed by atoms with van der Waals surface area (Å²) in [6.07, 6.45) is 0. The summed E-state index contributed by atoms with van der Waals surface area (Å²) in [6.45, 7) is 1.92. The molecule has 0 saturated carbocycles. The number of nitrogens with one attached hydrogen (secondary N) is 1. The molecule has 1 amide bonds. The number of anilines is 1. The molecule has 0 aromatic heterocycles. The van der Waals surface area contributed by atoms with E-state index in [0.717, 1.165) is 5.56 Å². The van der Waals surface area contributed by atoms with Gasteiger partial charge in [-0.1, -0.05) is 12.1 Å². The Hall–Kier alpha value is -1.81. The molecule has 2 aromatic carbocycles. The number of thiol groups is 1. The molecule has 0 fully saturated rings. The molecule has 0 bridgehead atoms. The van der Waals surface area contributed by atoms with Gasteiger partial charge in [0.2, 0.25) is 0 Å². The molecular formula is C14H12FNOS. The van der Waals surface area contributed by atoms with E-state index in [1.807, 2.05) is 25.1 Å². The fourth-order valence-electron chi connectivity index (χ4n) is 1.61. The van der Waals surface area contributed by atoms with E-state index in [4.69, 9.17) is 0 Å². The van der Waals surface area contributed by atoms with Crippen molar-refractivity contribution in [3.05, 3.63) is 59.4 Å². The van der Waals surface area contributed by atoms with Crippen LogP contribution in [0.4, 0.5) is 10.1 Å². The van der Waals surface area contributed by atoms with Gasteiger partial charge in [-0.3, -0.25) is 4.79 Å². The minimum atomic E-state index is -0.557. The van der Waals surface area contributed by atoms with Crippen LogP contribution in [0, 0.1) is 12.7 Å². The summed E-state index contributed by atoms with van der Waals surface area (Å²) in [7, 11) is 0. The maximum absolute atomic E-state index is 13.5. The lowest BCUT2D eigenvalue weighted by Gasteiger charge is -2.07. The molecule has 2 aromatic rings. The van der Waals surface area contributed by atoms with Crippen LogP contribution in [0.25, 0.3) is 0 Å². The molecule has 0 heterocycles. The van der Waals surface area contributed by atoms with Gasteiger partial charge in [-0.05, 0) is 42.8 Å². The van der Waals surface area contributed by atoms with E-state index >= 15 is 0 Å². The van der Waals surface area contributed by atoms with Crippen molar-refractivity contribution >= 4 is 24.2 Å². The Morgan fingerprint density at radius 2 is 2.00 bits per heavy atom. The summed E-state index contributed by atoms with van der Waals surface area (Å²) in [5, 5.41) is 2.65. The summed E-state index contributed by atoms with van der Waals surface area (Å²) < 4.78 is 13.5. The third kappa shape index (κ3) is 2.90. The lowest BCUT2D eigenvalue weighted by Crippen LogP contribution is -2.13. The molecule has 18 heavy (non-hydrogen) atoms. The van der Waals surface area contributed by atoms with Crippen LogP contribution in [0.15, 0.2) is 47.4 Å². The molecule has 0 atom stereocenters. The van der Waals surface area contributed by atoms with Crippen molar-refractivity contribution in [2.24, 2.45) is 0 Å². The van der Waals surface area contributed by atoms with Crippen molar-refractivity contribution < 1.29 is 9.18 Å². The van der Waals surface area contributed by atoms with Gasteiger partial charge in [0.15, 0.2) is 0 Å². The molecular weight excluding hydrogens is 249 g/mol. The Bertz CT molecular complexity index is 598. The van der Waals surface area contributed by atoms with E-state index in [-0.39, 0.29) is 5.56 Å². The molecule has 0 aliphatic heterocycles. The number of hydrogen-bond acceptors (Lipinski definition) is 2. The first kappa shape index (κ1) is 12.6. The average Bonchev–Trinajstić information content (AvgIpc) is 2.32. The molecule has 1 N–H and O–H groups in total. The number of benzene rings is 2. The van der Waals surface area contributed by atoms with Crippen LogP contribution in [0.5, 0.6) is 0 Å². The van der Waals surface area contributed by atoms with Crippen molar-refractivity contribution in [3.63, 3.8) is 0 Å². The molecule has 0 radical (unpaired) electrons. The predicted molar refractivity (Wildman–Crippen MR) is 72.8 cm³/mol. The van der Waals surface area contributed by atoms with Gasteiger partial charge in [-0.2, -0.15) is 0 Å². The molecule has 0 unspecified atom stereocenters. The maximum Gasteiger partial charge on any atom is 0.258 e. The van der Waals surface area contributed by atoms with Crippen LogP contribution >= 0.6 is 12.6 Å². The van der Waals surface area contributed by atoms with Crippen LogP contribution in [0.2, 0.25) is 0 Å². The number of carbonyl (C=O) groups excluding carboxylic acids is 1. The monoisotopic (exact) mass is 261 g/mol. The van der Waals surface area contributed by atoms with Crippen molar-refractivity contribution in [2.45, 2.75) is 11.8 Å². The van der Waals surface area contributed by atoms with Crippen LogP contribution < -0.4 is 5.32 Å². The quantitative estimate of drug-likeness (QED) is 0.793. The fraction of sp³-hybridized carbons (Fsp3) is 0.0714. The zero-order chi connectivity index (χ0) is 13.1. The highest BCUT2D eigenvalue weighted by Gasteiger charge is 2.12. The number of rotatable bonds is 2. The van der Waals surface area contributed by atoms with Gasteiger partial charge in [0.1, 0.15) is 5.82 Å². The minimum Gasteiger partial charge on any atom is -0.322 e. The minimum absolute atomic E-state index is 0.0102. The molecule has 4 heteroatoms. The standard InChI is InChI=1S/C14H12FNOS/c1-9-3-2-4-10(7-9)16-14(17)12-8-11(18)5-6-13(12)15/h2-8,18H,1H3,(H,16,17). The number of halogens is 1. The zero-order valence-electron chi connectivity index (χ0n) is 9.77. The Kier molecular flexibility index (Phi) is 3.67. The maximum atomic E-state index is 13.5. The van der Waals surface area contributed by atoms with E-state index in [2.05, 4.69) is 17.9 Å². The van der Waals surface area contributed by atoms with E-state index in [9.17, 15) is 9.18 Å². The number of carbonyl (C=O) groups is 1. The molecule has 2 rings (SSSR count). The second-order valence-electron chi connectivity index (χ2n) is 3.99. The van der Waals surface area contributed by atoms with E-state index in [1.54, 1.807) is 6.07 Å². The number of hydrogen-bond donors (Lipinski definition) is 2. The van der Waals surface area contributed by atoms with Gasteiger partial charge in [-0.15, -0.1) is 12.6 Å². The van der Waals surface area contributed by atoms with Crippen molar-refractivity contribution in [1.29, 1.82) is 0 Å². The summed E-state index contributed by atoms with van der Waals surface area (Å²) in [5.41, 5.74) is 1.66. The predicted octanol–water partition coefficient (Wildman–Crippen LogP) is 3.68. The Morgan fingerprint density at radius 1 is 1.22 bits per heavy atom. The summed E-state index contributed by atoms with van der Waals surface area (Å²) in [4.78, 5) is 12.5. The highest BCUT2D eigenvalue weighted by molar-refractivity contribution is 7.80. The molecule has 0 saturated heterocycles. The average molecular weight is 261 g/mol.